The first-order valence-electron chi connectivity index (χ1n) is 7.20. The van der Waals surface area contributed by atoms with Crippen molar-refractivity contribution >= 4 is 0 Å². The third-order valence-corrected chi connectivity index (χ3v) is 4.17. The monoisotopic (exact) mass is 241 g/mol. The molecule has 0 aromatic heterocycles. The standard InChI is InChI=1S/C14H31N3/c1-6-14(4,5)15-8-9-16-10-11-17(7-2)13(3)12-16/h13,15H,6-12H2,1-5H3. The number of likely N-dealkylation sites (N-methyl/N-ethyl adjacent to an activating group) is 1. The van der Waals surface area contributed by atoms with Gasteiger partial charge in [-0.1, -0.05) is 13.8 Å². The van der Waals surface area contributed by atoms with Crippen LogP contribution in [0.1, 0.15) is 41.0 Å². The molecular formula is C14H31N3. The van der Waals surface area contributed by atoms with E-state index in [-0.39, 0.29) is 5.54 Å². The molecule has 1 atom stereocenters. The van der Waals surface area contributed by atoms with E-state index >= 15 is 0 Å². The summed E-state index contributed by atoms with van der Waals surface area (Å²) >= 11 is 0. The zero-order chi connectivity index (χ0) is 12.9. The molecule has 102 valence electrons. The van der Waals surface area contributed by atoms with E-state index in [1.165, 1.54) is 39.1 Å². The van der Waals surface area contributed by atoms with E-state index in [0.29, 0.717) is 6.04 Å². The molecule has 1 aliphatic rings. The van der Waals surface area contributed by atoms with E-state index in [1.54, 1.807) is 0 Å². The van der Waals surface area contributed by atoms with Crippen molar-refractivity contribution in [3.63, 3.8) is 0 Å². The Hall–Kier alpha value is -0.120. The predicted octanol–water partition coefficient (Wildman–Crippen LogP) is 1.79. The van der Waals surface area contributed by atoms with E-state index in [2.05, 4.69) is 49.7 Å². The quantitative estimate of drug-likeness (QED) is 0.765. The number of nitrogens with zero attached hydrogens (tertiary/aromatic N) is 2. The highest BCUT2D eigenvalue weighted by Gasteiger charge is 2.22. The molecule has 0 aromatic carbocycles. The van der Waals surface area contributed by atoms with Crippen LogP contribution in [0.4, 0.5) is 0 Å². The molecule has 0 saturated carbocycles. The fourth-order valence-electron chi connectivity index (χ4n) is 2.42. The Balaban J connectivity index is 2.21. The predicted molar refractivity (Wildman–Crippen MR) is 75.5 cm³/mol. The van der Waals surface area contributed by atoms with Crippen LogP contribution in [0.3, 0.4) is 0 Å². The Morgan fingerprint density at radius 1 is 1.24 bits per heavy atom. The summed E-state index contributed by atoms with van der Waals surface area (Å²) in [5, 5.41) is 3.64. The van der Waals surface area contributed by atoms with Gasteiger partial charge in [-0.2, -0.15) is 0 Å². The fraction of sp³-hybridized carbons (Fsp3) is 1.00. The van der Waals surface area contributed by atoms with Gasteiger partial charge in [0.25, 0.3) is 0 Å². The summed E-state index contributed by atoms with van der Waals surface area (Å²) in [6.45, 7) is 18.6. The molecular weight excluding hydrogens is 210 g/mol. The van der Waals surface area contributed by atoms with Crippen molar-refractivity contribution in [2.75, 3.05) is 39.3 Å². The number of hydrogen-bond donors (Lipinski definition) is 1. The number of nitrogens with one attached hydrogen (secondary N) is 1. The lowest BCUT2D eigenvalue weighted by Crippen LogP contribution is -2.53. The van der Waals surface area contributed by atoms with Crippen LogP contribution in [0.25, 0.3) is 0 Å². The van der Waals surface area contributed by atoms with Crippen molar-refractivity contribution in [1.29, 1.82) is 0 Å². The smallest absolute Gasteiger partial charge is 0.0195 e. The normalized spacial score (nSPS) is 24.2. The van der Waals surface area contributed by atoms with Crippen LogP contribution < -0.4 is 5.32 Å². The highest BCUT2D eigenvalue weighted by molar-refractivity contribution is 4.80. The van der Waals surface area contributed by atoms with E-state index < -0.39 is 0 Å². The zero-order valence-electron chi connectivity index (χ0n) is 12.4. The van der Waals surface area contributed by atoms with Gasteiger partial charge >= 0.3 is 0 Å². The summed E-state index contributed by atoms with van der Waals surface area (Å²) in [6, 6.07) is 0.716. The molecule has 17 heavy (non-hydrogen) atoms. The number of hydrogen-bond acceptors (Lipinski definition) is 3. The van der Waals surface area contributed by atoms with Gasteiger partial charge in [-0.15, -0.1) is 0 Å². The van der Waals surface area contributed by atoms with E-state index in [1.807, 2.05) is 0 Å². The Morgan fingerprint density at radius 2 is 1.94 bits per heavy atom. The summed E-state index contributed by atoms with van der Waals surface area (Å²) in [5.74, 6) is 0. The SMILES string of the molecule is CCN1CCN(CCNC(C)(C)CC)CC1C. The van der Waals surface area contributed by atoms with Gasteiger partial charge in [0.15, 0.2) is 0 Å². The maximum Gasteiger partial charge on any atom is 0.0195 e. The molecule has 0 spiro atoms. The molecule has 1 saturated heterocycles. The van der Waals surface area contributed by atoms with Crippen LogP contribution in [0.15, 0.2) is 0 Å². The average Bonchev–Trinajstić information content (AvgIpc) is 2.29. The minimum Gasteiger partial charge on any atom is -0.311 e. The van der Waals surface area contributed by atoms with E-state index in [0.717, 1.165) is 6.54 Å². The van der Waals surface area contributed by atoms with Crippen LogP contribution in [0.2, 0.25) is 0 Å². The topological polar surface area (TPSA) is 18.5 Å². The van der Waals surface area contributed by atoms with Crippen LogP contribution in [-0.2, 0) is 0 Å². The largest absolute Gasteiger partial charge is 0.311 e. The molecule has 1 N–H and O–H groups in total. The average molecular weight is 241 g/mol. The third-order valence-electron chi connectivity index (χ3n) is 4.17. The lowest BCUT2D eigenvalue weighted by molar-refractivity contribution is 0.0872. The van der Waals surface area contributed by atoms with Crippen LogP contribution in [-0.4, -0.2) is 60.6 Å². The molecule has 0 aromatic rings. The third kappa shape index (κ3) is 4.94. The number of rotatable bonds is 6. The molecule has 0 aliphatic carbocycles. The van der Waals surface area contributed by atoms with Gasteiger partial charge in [-0.3, -0.25) is 9.80 Å². The lowest BCUT2D eigenvalue weighted by Gasteiger charge is -2.39. The molecule has 1 heterocycles. The minimum atomic E-state index is 0.289. The van der Waals surface area contributed by atoms with Crippen LogP contribution >= 0.6 is 0 Å². The maximum atomic E-state index is 3.64. The van der Waals surface area contributed by atoms with Gasteiger partial charge in [0.2, 0.25) is 0 Å². The minimum absolute atomic E-state index is 0.289. The van der Waals surface area contributed by atoms with Crippen molar-refractivity contribution < 1.29 is 0 Å². The summed E-state index contributed by atoms with van der Waals surface area (Å²) in [4.78, 5) is 5.16. The zero-order valence-corrected chi connectivity index (χ0v) is 12.4. The molecule has 3 heteroatoms. The van der Waals surface area contributed by atoms with Crippen molar-refractivity contribution in [3.05, 3.63) is 0 Å². The van der Waals surface area contributed by atoms with Crippen LogP contribution in [0.5, 0.6) is 0 Å². The fourth-order valence-corrected chi connectivity index (χ4v) is 2.42. The summed E-state index contributed by atoms with van der Waals surface area (Å²) in [6.07, 6.45) is 1.19. The molecule has 0 bridgehead atoms. The van der Waals surface area contributed by atoms with Crippen molar-refractivity contribution in [2.24, 2.45) is 0 Å². The maximum absolute atomic E-state index is 3.64. The first-order chi connectivity index (χ1) is 7.98. The summed E-state index contributed by atoms with van der Waals surface area (Å²) in [7, 11) is 0. The summed E-state index contributed by atoms with van der Waals surface area (Å²) in [5.41, 5.74) is 0.289. The lowest BCUT2D eigenvalue weighted by atomic mass is 10.0. The molecule has 3 nitrogen and oxygen atoms in total. The first kappa shape index (κ1) is 14.9. The van der Waals surface area contributed by atoms with Gasteiger partial charge in [0, 0.05) is 44.3 Å². The van der Waals surface area contributed by atoms with Gasteiger partial charge in [0.05, 0.1) is 0 Å². The first-order valence-corrected chi connectivity index (χ1v) is 7.20. The van der Waals surface area contributed by atoms with Gasteiger partial charge < -0.3 is 5.32 Å². The van der Waals surface area contributed by atoms with Gasteiger partial charge in [-0.25, -0.2) is 0 Å². The van der Waals surface area contributed by atoms with Crippen molar-refractivity contribution in [2.45, 2.75) is 52.6 Å². The Labute approximate surface area is 108 Å². The second-order valence-corrected chi connectivity index (χ2v) is 5.94. The summed E-state index contributed by atoms with van der Waals surface area (Å²) < 4.78 is 0. The van der Waals surface area contributed by atoms with Crippen molar-refractivity contribution in [1.82, 2.24) is 15.1 Å². The highest BCUT2D eigenvalue weighted by atomic mass is 15.3. The molecule has 1 unspecified atom stereocenters. The van der Waals surface area contributed by atoms with Crippen LogP contribution in [0, 0.1) is 0 Å². The Bertz CT molecular complexity index is 216. The van der Waals surface area contributed by atoms with E-state index in [9.17, 15) is 0 Å². The molecule has 1 rings (SSSR count). The molecule has 0 amide bonds. The van der Waals surface area contributed by atoms with Gasteiger partial charge in [0.1, 0.15) is 0 Å². The molecule has 1 fully saturated rings. The van der Waals surface area contributed by atoms with Crippen molar-refractivity contribution in [3.8, 4) is 0 Å². The van der Waals surface area contributed by atoms with Gasteiger partial charge in [-0.05, 0) is 33.7 Å². The highest BCUT2D eigenvalue weighted by Crippen LogP contribution is 2.09. The second-order valence-electron chi connectivity index (χ2n) is 5.94. The molecule has 1 aliphatic heterocycles. The van der Waals surface area contributed by atoms with E-state index in [4.69, 9.17) is 0 Å². The Morgan fingerprint density at radius 3 is 2.47 bits per heavy atom. The molecule has 0 radical (unpaired) electrons. The number of piperazine rings is 1. The Kier molecular flexibility index (Phi) is 5.90. The second kappa shape index (κ2) is 6.72.